The average Bonchev–Trinajstić information content (AvgIpc) is 3.06. The number of nitrogens with two attached hydrogens (primary N) is 1. The average molecular weight is 240 g/mol. The van der Waals surface area contributed by atoms with Gasteiger partial charge in [-0.15, -0.1) is 0 Å². The van der Waals surface area contributed by atoms with Gasteiger partial charge >= 0.3 is 0 Å². The Morgan fingerprint density at radius 2 is 2.00 bits per heavy atom. The van der Waals surface area contributed by atoms with Crippen LogP contribution in [-0.2, 0) is 4.79 Å². The highest BCUT2D eigenvalue weighted by Gasteiger charge is 2.44. The molecule has 0 aromatic heterocycles. The van der Waals surface area contributed by atoms with E-state index in [4.69, 9.17) is 5.73 Å². The largest absolute Gasteiger partial charge is 0.396 e. The first-order valence-electron chi connectivity index (χ1n) is 6.73. The maximum absolute atomic E-state index is 12.0. The molecule has 0 saturated heterocycles. The maximum Gasteiger partial charge on any atom is 0.240 e. The lowest BCUT2D eigenvalue weighted by Gasteiger charge is -2.25. The highest BCUT2D eigenvalue weighted by Crippen LogP contribution is 2.38. The normalized spacial score (nSPS) is 32.2. The molecule has 0 bridgehead atoms. The maximum atomic E-state index is 12.0. The van der Waals surface area contributed by atoms with Gasteiger partial charge in [-0.3, -0.25) is 4.79 Å². The zero-order valence-electron chi connectivity index (χ0n) is 10.6. The SMILES string of the molecule is CC(N)(C(=O)NCC1CCCC1CO)C1CC1. The molecule has 0 aromatic carbocycles. The Hall–Kier alpha value is -0.610. The quantitative estimate of drug-likeness (QED) is 0.660. The van der Waals surface area contributed by atoms with Gasteiger partial charge in [0.25, 0.3) is 0 Å². The monoisotopic (exact) mass is 240 g/mol. The number of hydrogen-bond donors (Lipinski definition) is 3. The molecular weight excluding hydrogens is 216 g/mol. The first-order valence-corrected chi connectivity index (χ1v) is 6.73. The number of nitrogens with one attached hydrogen (secondary N) is 1. The summed E-state index contributed by atoms with van der Waals surface area (Å²) >= 11 is 0. The lowest BCUT2D eigenvalue weighted by Crippen LogP contribution is -2.54. The second kappa shape index (κ2) is 4.94. The smallest absolute Gasteiger partial charge is 0.240 e. The Bertz CT molecular complexity index is 287. The molecule has 0 aromatic rings. The number of carbonyl (C=O) groups is 1. The van der Waals surface area contributed by atoms with Crippen LogP contribution in [-0.4, -0.2) is 29.7 Å². The zero-order valence-corrected chi connectivity index (χ0v) is 10.6. The predicted octanol–water partition coefficient (Wildman–Crippen LogP) is 0.639. The molecule has 2 aliphatic carbocycles. The second-order valence-electron chi connectivity index (χ2n) is 5.90. The molecule has 3 atom stereocenters. The predicted molar refractivity (Wildman–Crippen MR) is 66.2 cm³/mol. The van der Waals surface area contributed by atoms with Crippen LogP contribution in [0.3, 0.4) is 0 Å². The van der Waals surface area contributed by atoms with Crippen LogP contribution in [0.15, 0.2) is 0 Å². The van der Waals surface area contributed by atoms with Gasteiger partial charge in [0.2, 0.25) is 5.91 Å². The van der Waals surface area contributed by atoms with Crippen LogP contribution in [0.25, 0.3) is 0 Å². The molecule has 2 rings (SSSR count). The van der Waals surface area contributed by atoms with E-state index < -0.39 is 5.54 Å². The Balaban J connectivity index is 1.79. The summed E-state index contributed by atoms with van der Waals surface area (Å²) in [6.45, 7) is 2.74. The third kappa shape index (κ3) is 2.80. The Morgan fingerprint density at radius 3 is 2.59 bits per heavy atom. The molecule has 4 heteroatoms. The van der Waals surface area contributed by atoms with Gasteiger partial charge in [-0.2, -0.15) is 0 Å². The van der Waals surface area contributed by atoms with Crippen LogP contribution >= 0.6 is 0 Å². The molecule has 0 spiro atoms. The van der Waals surface area contributed by atoms with Crippen molar-refractivity contribution in [2.75, 3.05) is 13.2 Å². The van der Waals surface area contributed by atoms with Crippen LogP contribution < -0.4 is 11.1 Å². The van der Waals surface area contributed by atoms with Gasteiger partial charge in [0.15, 0.2) is 0 Å². The summed E-state index contributed by atoms with van der Waals surface area (Å²) in [6, 6.07) is 0. The molecule has 98 valence electrons. The minimum absolute atomic E-state index is 0.0245. The van der Waals surface area contributed by atoms with E-state index >= 15 is 0 Å². The fraction of sp³-hybridized carbons (Fsp3) is 0.923. The molecule has 4 nitrogen and oxygen atoms in total. The van der Waals surface area contributed by atoms with E-state index in [0.717, 1.165) is 32.1 Å². The lowest BCUT2D eigenvalue weighted by atomic mass is 9.94. The molecule has 4 N–H and O–H groups in total. The van der Waals surface area contributed by atoms with E-state index in [1.807, 2.05) is 6.92 Å². The molecule has 0 heterocycles. The van der Waals surface area contributed by atoms with Crippen molar-refractivity contribution >= 4 is 5.91 Å². The lowest BCUT2D eigenvalue weighted by molar-refractivity contribution is -0.126. The second-order valence-corrected chi connectivity index (χ2v) is 5.90. The summed E-state index contributed by atoms with van der Waals surface area (Å²) < 4.78 is 0. The molecule has 3 unspecified atom stereocenters. The molecular formula is C13H24N2O2. The zero-order chi connectivity index (χ0) is 12.5. The number of carbonyl (C=O) groups excluding carboxylic acids is 1. The van der Waals surface area contributed by atoms with E-state index in [0.29, 0.717) is 24.3 Å². The summed E-state index contributed by atoms with van der Waals surface area (Å²) in [5.41, 5.74) is 5.35. The summed E-state index contributed by atoms with van der Waals surface area (Å²) in [7, 11) is 0. The molecule has 1 amide bonds. The van der Waals surface area contributed by atoms with Crippen molar-refractivity contribution in [3.05, 3.63) is 0 Å². The van der Waals surface area contributed by atoms with Crippen LogP contribution in [0, 0.1) is 17.8 Å². The number of rotatable bonds is 5. The molecule has 0 radical (unpaired) electrons. The van der Waals surface area contributed by atoms with Gasteiger partial charge in [0, 0.05) is 13.2 Å². The summed E-state index contributed by atoms with van der Waals surface area (Å²) in [5, 5.41) is 12.2. The van der Waals surface area contributed by atoms with Crippen molar-refractivity contribution in [1.82, 2.24) is 5.32 Å². The van der Waals surface area contributed by atoms with E-state index in [2.05, 4.69) is 5.32 Å². The highest BCUT2D eigenvalue weighted by atomic mass is 16.3. The van der Waals surface area contributed by atoms with Gasteiger partial charge in [0.05, 0.1) is 5.54 Å². The van der Waals surface area contributed by atoms with Crippen LogP contribution in [0.2, 0.25) is 0 Å². The van der Waals surface area contributed by atoms with Crippen LogP contribution in [0.5, 0.6) is 0 Å². The first-order chi connectivity index (χ1) is 8.05. The Morgan fingerprint density at radius 1 is 1.35 bits per heavy atom. The standard InChI is InChI=1S/C13H24N2O2/c1-13(14,11-5-6-11)12(17)15-7-9-3-2-4-10(9)8-16/h9-11,16H,2-8,14H2,1H3,(H,15,17). The Labute approximate surface area is 103 Å². The minimum Gasteiger partial charge on any atom is -0.396 e. The van der Waals surface area contributed by atoms with Gasteiger partial charge in [-0.05, 0) is 50.4 Å². The van der Waals surface area contributed by atoms with Crippen LogP contribution in [0.1, 0.15) is 39.0 Å². The third-order valence-corrected chi connectivity index (χ3v) is 4.49. The topological polar surface area (TPSA) is 75.4 Å². The van der Waals surface area contributed by atoms with E-state index in [1.165, 1.54) is 0 Å². The fourth-order valence-corrected chi connectivity index (χ4v) is 2.91. The number of amides is 1. The summed E-state index contributed by atoms with van der Waals surface area (Å²) in [4.78, 5) is 12.0. The fourth-order valence-electron chi connectivity index (χ4n) is 2.91. The molecule has 0 aliphatic heterocycles. The molecule has 2 saturated carbocycles. The third-order valence-electron chi connectivity index (χ3n) is 4.49. The number of aliphatic hydroxyl groups is 1. The molecule has 2 fully saturated rings. The summed E-state index contributed by atoms with van der Waals surface area (Å²) in [6.07, 6.45) is 5.50. The van der Waals surface area contributed by atoms with Crippen LogP contribution in [0.4, 0.5) is 0 Å². The summed E-state index contributed by atoms with van der Waals surface area (Å²) in [5.74, 6) is 1.13. The number of hydrogen-bond acceptors (Lipinski definition) is 3. The minimum atomic E-state index is -0.701. The molecule has 2 aliphatic rings. The van der Waals surface area contributed by atoms with Crippen molar-refractivity contribution in [1.29, 1.82) is 0 Å². The molecule has 17 heavy (non-hydrogen) atoms. The van der Waals surface area contributed by atoms with Gasteiger partial charge in [0.1, 0.15) is 0 Å². The van der Waals surface area contributed by atoms with Gasteiger partial charge in [-0.25, -0.2) is 0 Å². The van der Waals surface area contributed by atoms with Gasteiger partial charge in [-0.1, -0.05) is 6.42 Å². The van der Waals surface area contributed by atoms with E-state index in [1.54, 1.807) is 0 Å². The van der Waals surface area contributed by atoms with Gasteiger partial charge < -0.3 is 16.2 Å². The van der Waals surface area contributed by atoms with Crippen molar-refractivity contribution < 1.29 is 9.90 Å². The Kier molecular flexibility index (Phi) is 3.73. The van der Waals surface area contributed by atoms with E-state index in [-0.39, 0.29) is 12.5 Å². The van der Waals surface area contributed by atoms with Crippen molar-refractivity contribution in [2.24, 2.45) is 23.5 Å². The first kappa shape index (κ1) is 12.8. The van der Waals surface area contributed by atoms with E-state index in [9.17, 15) is 9.90 Å². The van der Waals surface area contributed by atoms with Crippen molar-refractivity contribution in [3.8, 4) is 0 Å². The van der Waals surface area contributed by atoms with Crippen molar-refractivity contribution in [2.45, 2.75) is 44.6 Å². The number of aliphatic hydroxyl groups excluding tert-OH is 1. The highest BCUT2D eigenvalue weighted by molar-refractivity contribution is 5.86. The van der Waals surface area contributed by atoms with Crippen molar-refractivity contribution in [3.63, 3.8) is 0 Å².